The van der Waals surface area contributed by atoms with Crippen LogP contribution in [0.4, 0.5) is 5.69 Å². The van der Waals surface area contributed by atoms with Crippen molar-refractivity contribution >= 4 is 11.3 Å². The fraction of sp³-hybridized carbons (Fsp3) is 0.235. The number of ether oxygens (including phenoxy) is 1. The second-order valence-corrected chi connectivity index (χ2v) is 4.96. The predicted octanol–water partition coefficient (Wildman–Crippen LogP) is 3.83. The molecule has 0 bridgehead atoms. The van der Waals surface area contributed by atoms with Crippen molar-refractivity contribution in [1.29, 1.82) is 0 Å². The van der Waals surface area contributed by atoms with E-state index in [4.69, 9.17) is 4.74 Å². The molecule has 108 valence electrons. The van der Waals surface area contributed by atoms with Crippen molar-refractivity contribution in [2.24, 2.45) is 0 Å². The van der Waals surface area contributed by atoms with Gasteiger partial charge in [-0.1, -0.05) is 6.92 Å². The number of hydrogen-bond donors (Lipinski definition) is 1. The van der Waals surface area contributed by atoms with E-state index in [1.54, 1.807) is 7.11 Å². The van der Waals surface area contributed by atoms with Gasteiger partial charge >= 0.3 is 0 Å². The maximum Gasteiger partial charge on any atom is 0.137 e. The van der Waals surface area contributed by atoms with Crippen LogP contribution >= 0.6 is 0 Å². The highest BCUT2D eigenvalue weighted by Gasteiger charge is 2.05. The van der Waals surface area contributed by atoms with Crippen LogP contribution in [-0.4, -0.2) is 23.0 Å². The standard InChI is InChI=1S/C17H19N3O/c1-3-10-18-14-6-9-17-19-16(12-20(17)11-14)13-4-7-15(21-2)8-5-13/h4-9,11-12,18H,3,10H2,1-2H3. The topological polar surface area (TPSA) is 38.6 Å². The third kappa shape index (κ3) is 2.84. The fourth-order valence-corrected chi connectivity index (χ4v) is 2.27. The van der Waals surface area contributed by atoms with Gasteiger partial charge in [-0.25, -0.2) is 4.98 Å². The zero-order valence-electron chi connectivity index (χ0n) is 12.3. The molecule has 4 nitrogen and oxygen atoms in total. The molecule has 2 aromatic heterocycles. The smallest absolute Gasteiger partial charge is 0.137 e. The van der Waals surface area contributed by atoms with Crippen molar-refractivity contribution in [3.05, 3.63) is 48.8 Å². The summed E-state index contributed by atoms with van der Waals surface area (Å²) in [6, 6.07) is 12.1. The Morgan fingerprint density at radius 3 is 2.62 bits per heavy atom. The van der Waals surface area contributed by atoms with E-state index < -0.39 is 0 Å². The molecular formula is C17H19N3O. The van der Waals surface area contributed by atoms with Crippen LogP contribution in [0.1, 0.15) is 13.3 Å². The van der Waals surface area contributed by atoms with Gasteiger partial charge in [0.1, 0.15) is 11.4 Å². The average molecular weight is 281 g/mol. The van der Waals surface area contributed by atoms with Crippen LogP contribution in [0.2, 0.25) is 0 Å². The van der Waals surface area contributed by atoms with Crippen molar-refractivity contribution in [3.63, 3.8) is 0 Å². The van der Waals surface area contributed by atoms with Gasteiger partial charge in [0.25, 0.3) is 0 Å². The number of imidazole rings is 1. The summed E-state index contributed by atoms with van der Waals surface area (Å²) in [5, 5.41) is 3.39. The maximum atomic E-state index is 5.18. The fourth-order valence-electron chi connectivity index (χ4n) is 2.27. The lowest BCUT2D eigenvalue weighted by atomic mass is 10.2. The summed E-state index contributed by atoms with van der Waals surface area (Å²) < 4.78 is 7.24. The van der Waals surface area contributed by atoms with Crippen LogP contribution in [0, 0.1) is 0 Å². The number of methoxy groups -OCH3 is 1. The van der Waals surface area contributed by atoms with Gasteiger partial charge in [0.05, 0.1) is 18.5 Å². The summed E-state index contributed by atoms with van der Waals surface area (Å²) in [7, 11) is 1.67. The number of rotatable bonds is 5. The molecule has 1 aromatic carbocycles. The summed E-state index contributed by atoms with van der Waals surface area (Å²) in [4.78, 5) is 4.65. The average Bonchev–Trinajstić information content (AvgIpc) is 2.96. The number of nitrogens with one attached hydrogen (secondary N) is 1. The van der Waals surface area contributed by atoms with Crippen molar-refractivity contribution in [1.82, 2.24) is 9.38 Å². The summed E-state index contributed by atoms with van der Waals surface area (Å²) >= 11 is 0. The van der Waals surface area contributed by atoms with Crippen molar-refractivity contribution in [3.8, 4) is 17.0 Å². The molecular weight excluding hydrogens is 262 g/mol. The van der Waals surface area contributed by atoms with Crippen LogP contribution in [0.3, 0.4) is 0 Å². The van der Waals surface area contributed by atoms with E-state index in [9.17, 15) is 0 Å². The molecule has 0 spiro atoms. The second-order valence-electron chi connectivity index (χ2n) is 4.96. The third-order valence-corrected chi connectivity index (χ3v) is 3.42. The van der Waals surface area contributed by atoms with Gasteiger partial charge < -0.3 is 14.5 Å². The second kappa shape index (κ2) is 5.87. The van der Waals surface area contributed by atoms with Crippen LogP contribution in [0.15, 0.2) is 48.8 Å². The number of anilines is 1. The Balaban J connectivity index is 1.92. The Morgan fingerprint density at radius 2 is 1.90 bits per heavy atom. The molecule has 2 heterocycles. The molecule has 0 aliphatic heterocycles. The normalized spacial score (nSPS) is 10.8. The van der Waals surface area contributed by atoms with E-state index in [-0.39, 0.29) is 0 Å². The van der Waals surface area contributed by atoms with E-state index in [1.165, 1.54) is 0 Å². The van der Waals surface area contributed by atoms with Crippen molar-refractivity contribution < 1.29 is 4.74 Å². The number of aromatic nitrogens is 2. The first-order valence-corrected chi connectivity index (χ1v) is 7.17. The van der Waals surface area contributed by atoms with Gasteiger partial charge in [-0.3, -0.25) is 0 Å². The first kappa shape index (κ1) is 13.5. The molecule has 0 saturated heterocycles. The Labute approximate surface area is 124 Å². The minimum atomic E-state index is 0.855. The van der Waals surface area contributed by atoms with Gasteiger partial charge in [-0.05, 0) is 42.8 Å². The van der Waals surface area contributed by atoms with Crippen LogP contribution in [0.5, 0.6) is 5.75 Å². The number of nitrogens with zero attached hydrogens (tertiary/aromatic N) is 2. The monoisotopic (exact) mass is 281 g/mol. The molecule has 0 fully saturated rings. The van der Waals surface area contributed by atoms with Crippen LogP contribution in [-0.2, 0) is 0 Å². The quantitative estimate of drug-likeness (QED) is 0.772. The van der Waals surface area contributed by atoms with Gasteiger partial charge in [-0.2, -0.15) is 0 Å². The minimum absolute atomic E-state index is 0.855. The molecule has 0 saturated carbocycles. The van der Waals surface area contributed by atoms with Gasteiger partial charge in [0.15, 0.2) is 0 Å². The molecule has 4 heteroatoms. The van der Waals surface area contributed by atoms with Crippen LogP contribution in [0.25, 0.3) is 16.9 Å². The first-order valence-electron chi connectivity index (χ1n) is 7.17. The third-order valence-electron chi connectivity index (χ3n) is 3.42. The summed E-state index contributed by atoms with van der Waals surface area (Å²) in [5.41, 5.74) is 4.11. The molecule has 3 aromatic rings. The predicted molar refractivity (Wildman–Crippen MR) is 86.0 cm³/mol. The molecule has 0 atom stereocenters. The summed E-state index contributed by atoms with van der Waals surface area (Å²) in [5.74, 6) is 0.855. The molecule has 21 heavy (non-hydrogen) atoms. The lowest BCUT2D eigenvalue weighted by molar-refractivity contribution is 0.415. The Bertz CT molecular complexity index is 731. The van der Waals surface area contributed by atoms with E-state index >= 15 is 0 Å². The molecule has 0 amide bonds. The van der Waals surface area contributed by atoms with E-state index in [2.05, 4.69) is 33.9 Å². The van der Waals surface area contributed by atoms with Gasteiger partial charge in [-0.15, -0.1) is 0 Å². The first-order chi connectivity index (χ1) is 10.3. The molecule has 0 aliphatic rings. The number of fused-ring (bicyclic) bond motifs is 1. The van der Waals surface area contributed by atoms with Gasteiger partial charge in [0, 0.05) is 24.5 Å². The molecule has 0 unspecified atom stereocenters. The zero-order chi connectivity index (χ0) is 14.7. The summed E-state index contributed by atoms with van der Waals surface area (Å²) in [6.45, 7) is 3.13. The van der Waals surface area contributed by atoms with E-state index in [1.807, 2.05) is 36.5 Å². The lowest BCUT2D eigenvalue weighted by Crippen LogP contribution is -2.00. The SMILES string of the molecule is CCCNc1ccc2nc(-c3ccc(OC)cc3)cn2c1. The number of benzene rings is 1. The minimum Gasteiger partial charge on any atom is -0.497 e. The summed E-state index contributed by atoms with van der Waals surface area (Å²) in [6.07, 6.45) is 5.23. The van der Waals surface area contributed by atoms with Crippen molar-refractivity contribution in [2.45, 2.75) is 13.3 Å². The van der Waals surface area contributed by atoms with Crippen LogP contribution < -0.4 is 10.1 Å². The maximum absolute atomic E-state index is 5.18. The molecule has 0 radical (unpaired) electrons. The molecule has 1 N–H and O–H groups in total. The van der Waals surface area contributed by atoms with Gasteiger partial charge in [0.2, 0.25) is 0 Å². The molecule has 3 rings (SSSR count). The molecule has 0 aliphatic carbocycles. The highest BCUT2D eigenvalue weighted by Crippen LogP contribution is 2.23. The van der Waals surface area contributed by atoms with Crippen molar-refractivity contribution in [2.75, 3.05) is 19.0 Å². The highest BCUT2D eigenvalue weighted by atomic mass is 16.5. The number of pyridine rings is 1. The van der Waals surface area contributed by atoms with E-state index in [0.717, 1.165) is 41.3 Å². The highest BCUT2D eigenvalue weighted by molar-refractivity contribution is 5.64. The zero-order valence-corrected chi connectivity index (χ0v) is 12.3. The van der Waals surface area contributed by atoms with E-state index in [0.29, 0.717) is 0 Å². The Hall–Kier alpha value is -2.49. The number of hydrogen-bond acceptors (Lipinski definition) is 3. The Morgan fingerprint density at radius 1 is 1.10 bits per heavy atom. The lowest BCUT2D eigenvalue weighted by Gasteiger charge is -2.04. The largest absolute Gasteiger partial charge is 0.497 e. The Kier molecular flexibility index (Phi) is 3.77.